The Morgan fingerprint density at radius 1 is 1.22 bits per heavy atom. The standard InChI is InChI=1S/C17H18N2O3S/c1-10-6-7-12(17(21)22)8-15(10)19-16(20)11(2)23-14-5-3-4-13(18)9-14/h3-9,11H,18H2,1-2H3,(H,19,20)(H,21,22). The van der Waals surface area contributed by atoms with E-state index in [0.29, 0.717) is 11.4 Å². The zero-order valence-corrected chi connectivity index (χ0v) is 13.7. The Morgan fingerprint density at radius 2 is 1.96 bits per heavy atom. The Morgan fingerprint density at radius 3 is 2.61 bits per heavy atom. The topological polar surface area (TPSA) is 92.4 Å². The van der Waals surface area contributed by atoms with Crippen LogP contribution in [0, 0.1) is 6.92 Å². The van der Waals surface area contributed by atoms with E-state index in [1.165, 1.54) is 23.9 Å². The largest absolute Gasteiger partial charge is 0.478 e. The zero-order valence-electron chi connectivity index (χ0n) is 12.9. The number of anilines is 2. The number of carboxylic acids is 1. The fourth-order valence-corrected chi connectivity index (χ4v) is 2.91. The highest BCUT2D eigenvalue weighted by Crippen LogP contribution is 2.26. The molecule has 0 radical (unpaired) electrons. The normalized spacial score (nSPS) is 11.7. The summed E-state index contributed by atoms with van der Waals surface area (Å²) in [6, 6.07) is 12.0. The fourth-order valence-electron chi connectivity index (χ4n) is 1.97. The molecular weight excluding hydrogens is 312 g/mol. The maximum absolute atomic E-state index is 12.3. The minimum Gasteiger partial charge on any atom is -0.478 e. The predicted molar refractivity (Wildman–Crippen MR) is 92.9 cm³/mol. The number of nitrogens with two attached hydrogens (primary N) is 1. The van der Waals surface area contributed by atoms with Crippen LogP contribution in [0.2, 0.25) is 0 Å². The van der Waals surface area contributed by atoms with Crippen LogP contribution in [0.1, 0.15) is 22.8 Å². The van der Waals surface area contributed by atoms with E-state index in [0.717, 1.165) is 10.5 Å². The minimum absolute atomic E-state index is 0.141. The van der Waals surface area contributed by atoms with Crippen molar-refractivity contribution in [3.05, 3.63) is 53.6 Å². The third kappa shape index (κ3) is 4.50. The number of aryl methyl sites for hydroxylation is 1. The van der Waals surface area contributed by atoms with Gasteiger partial charge in [-0.25, -0.2) is 4.79 Å². The van der Waals surface area contributed by atoms with Gasteiger partial charge in [0.15, 0.2) is 0 Å². The fraction of sp³-hybridized carbons (Fsp3) is 0.176. The molecule has 0 saturated heterocycles. The maximum atomic E-state index is 12.3. The van der Waals surface area contributed by atoms with E-state index in [4.69, 9.17) is 10.8 Å². The summed E-state index contributed by atoms with van der Waals surface area (Å²) < 4.78 is 0. The molecule has 0 aliphatic rings. The molecule has 4 N–H and O–H groups in total. The van der Waals surface area contributed by atoms with Gasteiger partial charge in [-0.1, -0.05) is 12.1 Å². The number of nitrogen functional groups attached to an aromatic ring is 1. The average molecular weight is 330 g/mol. The molecule has 2 aromatic rings. The van der Waals surface area contributed by atoms with E-state index >= 15 is 0 Å². The van der Waals surface area contributed by atoms with E-state index in [1.807, 2.05) is 25.1 Å². The lowest BCUT2D eigenvalue weighted by Crippen LogP contribution is -2.23. The van der Waals surface area contributed by atoms with Crippen molar-refractivity contribution in [3.8, 4) is 0 Å². The summed E-state index contributed by atoms with van der Waals surface area (Å²) in [5.74, 6) is -1.22. The number of carbonyl (C=O) groups is 2. The molecule has 2 rings (SSSR count). The molecule has 1 unspecified atom stereocenters. The molecule has 6 heteroatoms. The molecule has 23 heavy (non-hydrogen) atoms. The predicted octanol–water partition coefficient (Wildman–Crippen LogP) is 3.39. The van der Waals surface area contributed by atoms with E-state index in [1.54, 1.807) is 19.1 Å². The number of benzene rings is 2. The number of thioether (sulfide) groups is 1. The van der Waals surface area contributed by atoms with Gasteiger partial charge >= 0.3 is 5.97 Å². The molecule has 0 aromatic heterocycles. The summed E-state index contributed by atoms with van der Waals surface area (Å²) in [6.07, 6.45) is 0. The zero-order chi connectivity index (χ0) is 17.0. The Labute approximate surface area is 138 Å². The van der Waals surface area contributed by atoms with Crippen LogP contribution in [0.4, 0.5) is 11.4 Å². The smallest absolute Gasteiger partial charge is 0.335 e. The number of aromatic carboxylic acids is 1. The van der Waals surface area contributed by atoms with Crippen molar-refractivity contribution < 1.29 is 14.7 Å². The summed E-state index contributed by atoms with van der Waals surface area (Å²) in [6.45, 7) is 3.61. The van der Waals surface area contributed by atoms with Crippen LogP contribution in [-0.2, 0) is 4.79 Å². The summed E-state index contributed by atoms with van der Waals surface area (Å²) in [7, 11) is 0. The summed E-state index contributed by atoms with van der Waals surface area (Å²) in [5.41, 5.74) is 7.83. The van der Waals surface area contributed by atoms with Gasteiger partial charge in [0.25, 0.3) is 0 Å². The first-order valence-corrected chi connectivity index (χ1v) is 7.92. The minimum atomic E-state index is -1.03. The van der Waals surface area contributed by atoms with Crippen LogP contribution in [0.15, 0.2) is 47.4 Å². The van der Waals surface area contributed by atoms with Crippen LogP contribution in [0.25, 0.3) is 0 Å². The first-order valence-electron chi connectivity index (χ1n) is 7.04. The average Bonchev–Trinajstić information content (AvgIpc) is 2.49. The third-order valence-electron chi connectivity index (χ3n) is 3.28. The lowest BCUT2D eigenvalue weighted by molar-refractivity contribution is -0.115. The van der Waals surface area contributed by atoms with Crippen LogP contribution in [0.3, 0.4) is 0 Å². The van der Waals surface area contributed by atoms with Gasteiger partial charge in [-0.3, -0.25) is 4.79 Å². The number of carbonyl (C=O) groups excluding carboxylic acids is 1. The van der Waals surface area contributed by atoms with Crippen molar-refractivity contribution in [2.75, 3.05) is 11.1 Å². The molecular formula is C17H18N2O3S. The molecule has 0 aliphatic heterocycles. The molecule has 5 nitrogen and oxygen atoms in total. The van der Waals surface area contributed by atoms with E-state index in [-0.39, 0.29) is 16.7 Å². The van der Waals surface area contributed by atoms with Crippen molar-refractivity contribution in [3.63, 3.8) is 0 Å². The second-order valence-corrected chi connectivity index (χ2v) is 6.57. The van der Waals surface area contributed by atoms with Crippen molar-refractivity contribution in [1.82, 2.24) is 0 Å². The lowest BCUT2D eigenvalue weighted by Gasteiger charge is -2.14. The lowest BCUT2D eigenvalue weighted by atomic mass is 10.1. The first-order chi connectivity index (χ1) is 10.9. The second kappa shape index (κ2) is 7.19. The molecule has 0 aliphatic carbocycles. The highest BCUT2D eigenvalue weighted by molar-refractivity contribution is 8.00. The van der Waals surface area contributed by atoms with Gasteiger partial charge in [-0.15, -0.1) is 11.8 Å². The molecule has 0 fully saturated rings. The van der Waals surface area contributed by atoms with Gasteiger partial charge in [0.1, 0.15) is 0 Å². The van der Waals surface area contributed by atoms with Gasteiger partial charge < -0.3 is 16.2 Å². The molecule has 1 amide bonds. The number of hydrogen-bond donors (Lipinski definition) is 3. The van der Waals surface area contributed by atoms with Crippen molar-refractivity contribution in [1.29, 1.82) is 0 Å². The van der Waals surface area contributed by atoms with Crippen LogP contribution in [-0.4, -0.2) is 22.2 Å². The first kappa shape index (κ1) is 16.9. The maximum Gasteiger partial charge on any atom is 0.335 e. The highest BCUT2D eigenvalue weighted by atomic mass is 32.2. The van der Waals surface area contributed by atoms with Crippen molar-refractivity contribution >= 4 is 35.0 Å². The van der Waals surface area contributed by atoms with Crippen LogP contribution in [0.5, 0.6) is 0 Å². The second-order valence-electron chi connectivity index (χ2n) is 5.16. The number of hydrogen-bond acceptors (Lipinski definition) is 4. The molecule has 0 spiro atoms. The van der Waals surface area contributed by atoms with E-state index in [2.05, 4.69) is 5.32 Å². The quantitative estimate of drug-likeness (QED) is 0.577. The molecule has 2 aromatic carbocycles. The molecule has 0 heterocycles. The summed E-state index contributed by atoms with van der Waals surface area (Å²) in [5, 5.41) is 11.5. The number of carboxylic acid groups (broad SMARTS) is 1. The SMILES string of the molecule is Cc1ccc(C(=O)O)cc1NC(=O)C(C)Sc1cccc(N)c1. The molecule has 1 atom stereocenters. The van der Waals surface area contributed by atoms with Crippen LogP contribution < -0.4 is 11.1 Å². The highest BCUT2D eigenvalue weighted by Gasteiger charge is 2.16. The van der Waals surface area contributed by atoms with E-state index in [9.17, 15) is 9.59 Å². The number of rotatable bonds is 5. The van der Waals surface area contributed by atoms with Gasteiger partial charge in [-0.2, -0.15) is 0 Å². The van der Waals surface area contributed by atoms with Gasteiger partial charge in [0, 0.05) is 16.3 Å². The summed E-state index contributed by atoms with van der Waals surface area (Å²) >= 11 is 1.39. The Balaban J connectivity index is 2.09. The van der Waals surface area contributed by atoms with Gasteiger partial charge in [0.05, 0.1) is 10.8 Å². The molecule has 0 saturated carbocycles. The Bertz CT molecular complexity index is 746. The van der Waals surface area contributed by atoms with Crippen LogP contribution >= 0.6 is 11.8 Å². The van der Waals surface area contributed by atoms with Crippen molar-refractivity contribution in [2.24, 2.45) is 0 Å². The van der Waals surface area contributed by atoms with Gasteiger partial charge in [0.2, 0.25) is 5.91 Å². The number of amides is 1. The van der Waals surface area contributed by atoms with Crippen molar-refractivity contribution in [2.45, 2.75) is 24.0 Å². The molecule has 120 valence electrons. The monoisotopic (exact) mass is 330 g/mol. The Hall–Kier alpha value is -2.47. The number of nitrogens with one attached hydrogen (secondary N) is 1. The molecule has 0 bridgehead atoms. The third-order valence-corrected chi connectivity index (χ3v) is 4.38. The van der Waals surface area contributed by atoms with E-state index < -0.39 is 5.97 Å². The summed E-state index contributed by atoms with van der Waals surface area (Å²) in [4.78, 5) is 24.3. The van der Waals surface area contributed by atoms with Gasteiger partial charge in [-0.05, 0) is 49.7 Å². The Kier molecular flexibility index (Phi) is 5.28.